The predicted molar refractivity (Wildman–Crippen MR) is 37.4 cm³/mol. The van der Waals surface area contributed by atoms with E-state index in [1.54, 1.807) is 0 Å². The normalized spacial score (nSPS) is 14.8. The van der Waals surface area contributed by atoms with Crippen LogP contribution < -0.4 is 9.47 Å². The third-order valence-electron chi connectivity index (χ3n) is 1.43. The number of hydrogen-bond acceptors (Lipinski definition) is 2. The molecule has 52 valence electrons. The molecule has 1 aromatic carbocycles. The van der Waals surface area contributed by atoms with E-state index in [9.17, 15) is 0 Å². The minimum Gasteiger partial charge on any atom is -0.490 e. The van der Waals surface area contributed by atoms with E-state index >= 15 is 0 Å². The van der Waals surface area contributed by atoms with Crippen LogP contribution in [0.3, 0.4) is 0 Å². The molecular weight excluding hydrogens is 128 g/mol. The summed E-state index contributed by atoms with van der Waals surface area (Å²) in [6, 6.07) is 7.68. The summed E-state index contributed by atoms with van der Waals surface area (Å²) in [6.45, 7) is 1.29. The Morgan fingerprint density at radius 1 is 1.00 bits per heavy atom. The van der Waals surface area contributed by atoms with Crippen LogP contribution in [0.1, 0.15) is 0 Å². The van der Waals surface area contributed by atoms with Gasteiger partial charge in [-0.2, -0.15) is 0 Å². The fraction of sp³-hybridized carbons (Fsp3) is 0.250. The Balaban J connectivity index is 2.41. The van der Waals surface area contributed by atoms with Crippen molar-refractivity contribution in [3.63, 3.8) is 0 Å². The van der Waals surface area contributed by atoms with Crippen molar-refractivity contribution in [3.8, 4) is 11.5 Å². The van der Waals surface area contributed by atoms with Crippen LogP contribution in [-0.2, 0) is 0 Å². The number of benzene rings is 1. The summed E-state index contributed by atoms with van der Waals surface area (Å²) in [4.78, 5) is 0. The maximum atomic E-state index is 5.28. The Bertz CT molecular complexity index is 211. The molecule has 0 spiro atoms. The van der Waals surface area contributed by atoms with Crippen LogP contribution in [0, 0.1) is 0 Å². The Labute approximate surface area is 59.4 Å². The summed E-state index contributed by atoms with van der Waals surface area (Å²) in [5, 5.41) is 0. The SMILES string of the molecule is c1cc2cc(c1)OCCO2. The van der Waals surface area contributed by atoms with Gasteiger partial charge >= 0.3 is 0 Å². The predicted octanol–water partition coefficient (Wildman–Crippen LogP) is 1.46. The van der Waals surface area contributed by atoms with Gasteiger partial charge in [-0.25, -0.2) is 0 Å². The van der Waals surface area contributed by atoms with Crippen LogP contribution in [-0.4, -0.2) is 13.2 Å². The van der Waals surface area contributed by atoms with Gasteiger partial charge in [0.15, 0.2) is 0 Å². The van der Waals surface area contributed by atoms with Crippen molar-refractivity contribution in [2.24, 2.45) is 0 Å². The molecule has 0 saturated heterocycles. The molecule has 2 nitrogen and oxygen atoms in total. The zero-order valence-electron chi connectivity index (χ0n) is 5.54. The number of hydrogen-bond donors (Lipinski definition) is 0. The van der Waals surface area contributed by atoms with Gasteiger partial charge in [-0.1, -0.05) is 6.07 Å². The summed E-state index contributed by atoms with van der Waals surface area (Å²) in [5.74, 6) is 1.80. The molecule has 0 saturated carbocycles. The van der Waals surface area contributed by atoms with Crippen LogP contribution in [0.15, 0.2) is 24.3 Å². The summed E-state index contributed by atoms with van der Waals surface area (Å²) in [7, 11) is 0. The quantitative estimate of drug-likeness (QED) is 0.537. The van der Waals surface area contributed by atoms with Gasteiger partial charge in [-0.15, -0.1) is 0 Å². The molecule has 2 bridgehead atoms. The van der Waals surface area contributed by atoms with Gasteiger partial charge in [0.1, 0.15) is 24.7 Å². The fourth-order valence-electron chi connectivity index (χ4n) is 0.973. The lowest BCUT2D eigenvalue weighted by Crippen LogP contribution is -2.04. The van der Waals surface area contributed by atoms with Crippen molar-refractivity contribution < 1.29 is 9.47 Å². The van der Waals surface area contributed by atoms with Crippen LogP contribution in [0.4, 0.5) is 0 Å². The molecule has 0 N–H and O–H groups in total. The third kappa shape index (κ3) is 0.923. The Hall–Kier alpha value is -1.18. The van der Waals surface area contributed by atoms with E-state index in [0.717, 1.165) is 11.5 Å². The highest BCUT2D eigenvalue weighted by molar-refractivity contribution is 5.33. The standard InChI is InChI=1S/C8H8O2/c1-2-7-6-8(3-1)10-5-4-9-7/h1-3,6H,4-5H2. The number of rotatable bonds is 0. The average molecular weight is 136 g/mol. The third-order valence-corrected chi connectivity index (χ3v) is 1.43. The van der Waals surface area contributed by atoms with E-state index in [-0.39, 0.29) is 0 Å². The van der Waals surface area contributed by atoms with E-state index in [1.807, 2.05) is 24.3 Å². The van der Waals surface area contributed by atoms with Crippen molar-refractivity contribution in [2.45, 2.75) is 0 Å². The molecule has 1 aromatic rings. The maximum Gasteiger partial charge on any atom is 0.123 e. The Morgan fingerprint density at radius 2 is 1.60 bits per heavy atom. The molecule has 1 heterocycles. The van der Waals surface area contributed by atoms with Gasteiger partial charge in [0.05, 0.1) is 0 Å². The van der Waals surface area contributed by atoms with E-state index in [1.165, 1.54) is 0 Å². The smallest absolute Gasteiger partial charge is 0.123 e. The first-order chi connectivity index (χ1) is 4.95. The van der Waals surface area contributed by atoms with Crippen molar-refractivity contribution in [1.82, 2.24) is 0 Å². The van der Waals surface area contributed by atoms with E-state index in [0.29, 0.717) is 13.2 Å². The highest BCUT2D eigenvalue weighted by atomic mass is 16.5. The van der Waals surface area contributed by atoms with Gasteiger partial charge in [0, 0.05) is 6.07 Å². The minimum absolute atomic E-state index is 0.646. The highest BCUT2D eigenvalue weighted by Gasteiger charge is 2.01. The Kier molecular flexibility index (Phi) is 1.24. The van der Waals surface area contributed by atoms with Crippen molar-refractivity contribution in [3.05, 3.63) is 24.3 Å². The van der Waals surface area contributed by atoms with Crippen molar-refractivity contribution in [1.29, 1.82) is 0 Å². The summed E-state index contributed by atoms with van der Waals surface area (Å²) < 4.78 is 10.6. The molecule has 1 aliphatic heterocycles. The molecule has 0 aliphatic carbocycles. The molecule has 10 heavy (non-hydrogen) atoms. The highest BCUT2D eigenvalue weighted by Crippen LogP contribution is 2.21. The second-order valence-corrected chi connectivity index (χ2v) is 2.17. The summed E-state index contributed by atoms with van der Waals surface area (Å²) >= 11 is 0. The van der Waals surface area contributed by atoms with Gasteiger partial charge in [-0.05, 0) is 12.1 Å². The lowest BCUT2D eigenvalue weighted by Gasteiger charge is -1.97. The fourth-order valence-corrected chi connectivity index (χ4v) is 0.973. The van der Waals surface area contributed by atoms with Crippen molar-refractivity contribution in [2.75, 3.05) is 13.2 Å². The topological polar surface area (TPSA) is 18.5 Å². The molecule has 1 aliphatic rings. The van der Waals surface area contributed by atoms with Gasteiger partial charge < -0.3 is 9.47 Å². The molecular formula is C8H8O2. The van der Waals surface area contributed by atoms with Gasteiger partial charge in [0.2, 0.25) is 0 Å². The first-order valence-electron chi connectivity index (χ1n) is 3.31. The molecule has 0 unspecified atom stereocenters. The monoisotopic (exact) mass is 136 g/mol. The molecule has 2 rings (SSSR count). The molecule has 0 radical (unpaired) electrons. The number of fused-ring (bicyclic) bond motifs is 2. The second kappa shape index (κ2) is 2.21. The molecule has 0 aromatic heterocycles. The van der Waals surface area contributed by atoms with Crippen LogP contribution >= 0.6 is 0 Å². The zero-order chi connectivity index (χ0) is 6.81. The lowest BCUT2D eigenvalue weighted by atomic mass is 10.3. The van der Waals surface area contributed by atoms with Gasteiger partial charge in [0.25, 0.3) is 0 Å². The lowest BCUT2D eigenvalue weighted by molar-refractivity contribution is 0.232. The first kappa shape index (κ1) is 5.59. The second-order valence-electron chi connectivity index (χ2n) is 2.17. The van der Waals surface area contributed by atoms with E-state index in [4.69, 9.17) is 9.47 Å². The van der Waals surface area contributed by atoms with Crippen LogP contribution in [0.25, 0.3) is 0 Å². The van der Waals surface area contributed by atoms with E-state index in [2.05, 4.69) is 0 Å². The van der Waals surface area contributed by atoms with Crippen molar-refractivity contribution >= 4 is 0 Å². The average Bonchev–Trinajstić information content (AvgIpc) is 2.12. The minimum atomic E-state index is 0.646. The Morgan fingerprint density at radius 3 is 2.20 bits per heavy atom. The molecule has 0 fully saturated rings. The zero-order valence-corrected chi connectivity index (χ0v) is 5.54. The van der Waals surface area contributed by atoms with Crippen LogP contribution in [0.5, 0.6) is 11.5 Å². The molecule has 0 atom stereocenters. The molecule has 2 heteroatoms. The maximum absolute atomic E-state index is 5.28. The first-order valence-corrected chi connectivity index (χ1v) is 3.31. The van der Waals surface area contributed by atoms with E-state index < -0.39 is 0 Å². The summed E-state index contributed by atoms with van der Waals surface area (Å²) in [5.41, 5.74) is 0. The molecule has 0 amide bonds. The largest absolute Gasteiger partial charge is 0.490 e. The van der Waals surface area contributed by atoms with Gasteiger partial charge in [-0.3, -0.25) is 0 Å². The number of ether oxygens (including phenoxy) is 2. The van der Waals surface area contributed by atoms with Crippen LogP contribution in [0.2, 0.25) is 0 Å². The summed E-state index contributed by atoms with van der Waals surface area (Å²) in [6.07, 6.45) is 0.